The normalized spacial score (nSPS) is 12.8. The summed E-state index contributed by atoms with van der Waals surface area (Å²) in [6.07, 6.45) is -4.62. The first kappa shape index (κ1) is 12.7. The lowest BCUT2D eigenvalue weighted by molar-refractivity contribution is -0.121. The summed E-state index contributed by atoms with van der Waals surface area (Å²) in [5.41, 5.74) is 0. The van der Waals surface area contributed by atoms with Crippen molar-refractivity contribution >= 4 is 16.2 Å². The Labute approximate surface area is 88.6 Å². The van der Waals surface area contributed by atoms with Crippen LogP contribution >= 0.6 is 0 Å². The van der Waals surface area contributed by atoms with Crippen LogP contribution in [-0.4, -0.2) is 36.3 Å². The molecule has 0 atom stereocenters. The van der Waals surface area contributed by atoms with Gasteiger partial charge in [0.2, 0.25) is 0 Å². The number of halogens is 3. The Balaban J connectivity index is 2.59. The Morgan fingerprint density at radius 3 is 2.50 bits per heavy atom. The summed E-state index contributed by atoms with van der Waals surface area (Å²) in [6, 6.07) is 0. The third kappa shape index (κ3) is 4.44. The molecule has 0 aliphatic carbocycles. The van der Waals surface area contributed by atoms with Gasteiger partial charge in [0, 0.05) is 0 Å². The van der Waals surface area contributed by atoms with E-state index in [0.29, 0.717) is 5.82 Å². The highest BCUT2D eigenvalue weighted by Crippen LogP contribution is 2.12. The molecule has 0 amide bonds. The number of rotatable bonds is 4. The summed E-state index contributed by atoms with van der Waals surface area (Å²) in [6.45, 7) is -0.153. The van der Waals surface area contributed by atoms with Gasteiger partial charge in [-0.15, -0.1) is 5.10 Å². The van der Waals surface area contributed by atoms with E-state index in [-0.39, 0.29) is 5.95 Å². The summed E-state index contributed by atoms with van der Waals surface area (Å²) < 4.78 is 60.3. The van der Waals surface area contributed by atoms with E-state index >= 15 is 0 Å². The summed E-state index contributed by atoms with van der Waals surface area (Å²) >= 11 is 0. The fourth-order valence-electron chi connectivity index (χ4n) is 0.721. The Kier molecular flexibility index (Phi) is 3.38. The minimum absolute atomic E-state index is 0.327. The zero-order valence-corrected chi connectivity index (χ0v) is 8.78. The fourth-order valence-corrected chi connectivity index (χ4v) is 1.48. The molecule has 11 heteroatoms. The average Bonchev–Trinajstić information content (AvgIpc) is 2.46. The van der Waals surface area contributed by atoms with Crippen molar-refractivity contribution < 1.29 is 21.6 Å². The minimum Gasteiger partial charge on any atom is -0.261 e. The van der Waals surface area contributed by atoms with E-state index in [1.54, 1.807) is 4.72 Å². The van der Waals surface area contributed by atoms with Crippen molar-refractivity contribution in [1.29, 1.82) is 0 Å². The first-order valence-electron chi connectivity index (χ1n) is 3.91. The molecule has 7 nitrogen and oxygen atoms in total. The molecule has 1 rings (SSSR count). The zero-order chi connectivity index (χ0) is 12.4. The second kappa shape index (κ2) is 4.25. The molecule has 16 heavy (non-hydrogen) atoms. The van der Waals surface area contributed by atoms with Gasteiger partial charge in [-0.2, -0.15) is 31.3 Å². The number of aromatic amines is 1. The molecule has 0 bridgehead atoms. The molecule has 1 aromatic rings. The highest BCUT2D eigenvalue weighted by molar-refractivity contribution is 7.90. The quantitative estimate of drug-likeness (QED) is 0.704. The monoisotopic (exact) mass is 259 g/mol. The van der Waals surface area contributed by atoms with Gasteiger partial charge in [0.1, 0.15) is 12.4 Å². The van der Waals surface area contributed by atoms with Gasteiger partial charge < -0.3 is 0 Å². The first-order valence-corrected chi connectivity index (χ1v) is 5.39. The molecule has 1 heterocycles. The molecule has 0 unspecified atom stereocenters. The lowest BCUT2D eigenvalue weighted by atomic mass is 10.7. The first-order chi connectivity index (χ1) is 7.18. The Morgan fingerprint density at radius 1 is 1.44 bits per heavy atom. The van der Waals surface area contributed by atoms with Crippen molar-refractivity contribution in [2.45, 2.75) is 13.1 Å². The van der Waals surface area contributed by atoms with Gasteiger partial charge in [0.15, 0.2) is 0 Å². The van der Waals surface area contributed by atoms with E-state index in [1.165, 1.54) is 11.6 Å². The SMILES string of the molecule is Cc1nc(NS(=O)(=O)NCC(F)(F)F)n[nH]1. The van der Waals surface area contributed by atoms with Gasteiger partial charge in [0.05, 0.1) is 0 Å². The van der Waals surface area contributed by atoms with Crippen LogP contribution in [0.5, 0.6) is 0 Å². The Hall–Kier alpha value is -1.36. The summed E-state index contributed by atoms with van der Waals surface area (Å²) in [4.78, 5) is 3.56. The highest BCUT2D eigenvalue weighted by Gasteiger charge is 2.29. The fraction of sp³-hybridized carbons (Fsp3) is 0.600. The number of hydrogen-bond acceptors (Lipinski definition) is 4. The van der Waals surface area contributed by atoms with Crippen LogP contribution in [0.3, 0.4) is 0 Å². The van der Waals surface area contributed by atoms with E-state index in [0.717, 1.165) is 0 Å². The van der Waals surface area contributed by atoms with Gasteiger partial charge in [-0.1, -0.05) is 0 Å². The zero-order valence-electron chi connectivity index (χ0n) is 7.96. The third-order valence-electron chi connectivity index (χ3n) is 1.29. The van der Waals surface area contributed by atoms with Gasteiger partial charge in [-0.25, -0.2) is 4.72 Å². The molecule has 0 aromatic carbocycles. The molecule has 0 radical (unpaired) electrons. The summed E-state index contributed by atoms with van der Waals surface area (Å²) in [5, 5.41) is 5.72. The summed E-state index contributed by atoms with van der Waals surface area (Å²) in [7, 11) is -4.32. The van der Waals surface area contributed by atoms with Gasteiger partial charge in [-0.05, 0) is 6.92 Å². The van der Waals surface area contributed by atoms with Crippen molar-refractivity contribution in [3.8, 4) is 0 Å². The molecule has 0 aliphatic rings. The number of anilines is 1. The molecule has 0 fully saturated rings. The number of H-pyrrole nitrogens is 1. The predicted molar refractivity (Wildman–Crippen MR) is 47.7 cm³/mol. The molecule has 1 aromatic heterocycles. The topological polar surface area (TPSA) is 99.8 Å². The van der Waals surface area contributed by atoms with Crippen LogP contribution in [0.15, 0.2) is 0 Å². The molecule has 0 spiro atoms. The maximum absolute atomic E-state index is 11.7. The van der Waals surface area contributed by atoms with Crippen molar-refractivity contribution in [1.82, 2.24) is 19.9 Å². The average molecular weight is 259 g/mol. The molecule has 0 aliphatic heterocycles. The molecular formula is C5H8F3N5O2S. The van der Waals surface area contributed by atoms with E-state index in [1.807, 2.05) is 0 Å². The van der Waals surface area contributed by atoms with Crippen LogP contribution in [0.1, 0.15) is 5.82 Å². The number of aromatic nitrogens is 3. The number of nitrogens with one attached hydrogen (secondary N) is 3. The highest BCUT2D eigenvalue weighted by atomic mass is 32.2. The van der Waals surface area contributed by atoms with E-state index in [9.17, 15) is 21.6 Å². The maximum Gasteiger partial charge on any atom is 0.402 e. The largest absolute Gasteiger partial charge is 0.402 e. The molecular weight excluding hydrogens is 251 g/mol. The van der Waals surface area contributed by atoms with Crippen LogP contribution < -0.4 is 9.44 Å². The van der Waals surface area contributed by atoms with Gasteiger partial charge in [0.25, 0.3) is 5.95 Å². The molecule has 92 valence electrons. The van der Waals surface area contributed by atoms with Crippen LogP contribution in [0.2, 0.25) is 0 Å². The molecule has 3 N–H and O–H groups in total. The number of aryl methyl sites for hydroxylation is 1. The van der Waals surface area contributed by atoms with Crippen LogP contribution in [0.4, 0.5) is 19.1 Å². The standard InChI is InChI=1S/C5H8F3N5O2S/c1-3-10-4(12-11-3)13-16(14,15)9-2-5(6,7)8/h9H,2H2,1H3,(H2,10,11,12,13). The smallest absolute Gasteiger partial charge is 0.261 e. The van der Waals surface area contributed by atoms with Crippen LogP contribution in [0, 0.1) is 6.92 Å². The van der Waals surface area contributed by atoms with Crippen molar-refractivity contribution in [2.24, 2.45) is 0 Å². The lowest BCUT2D eigenvalue weighted by Crippen LogP contribution is -2.37. The third-order valence-corrected chi connectivity index (χ3v) is 2.26. The minimum atomic E-state index is -4.62. The Bertz CT molecular complexity index is 453. The van der Waals surface area contributed by atoms with E-state index < -0.39 is 22.9 Å². The van der Waals surface area contributed by atoms with Crippen molar-refractivity contribution in [3.05, 3.63) is 5.82 Å². The molecule has 0 saturated heterocycles. The van der Waals surface area contributed by atoms with Crippen molar-refractivity contribution in [3.63, 3.8) is 0 Å². The second-order valence-electron chi connectivity index (χ2n) is 2.79. The van der Waals surface area contributed by atoms with Crippen molar-refractivity contribution in [2.75, 3.05) is 11.3 Å². The Morgan fingerprint density at radius 2 is 2.06 bits per heavy atom. The molecule has 0 saturated carbocycles. The predicted octanol–water partition coefficient (Wildman–Crippen LogP) is -0.0783. The van der Waals surface area contributed by atoms with Gasteiger partial charge in [-0.3, -0.25) is 5.10 Å². The van der Waals surface area contributed by atoms with E-state index in [4.69, 9.17) is 0 Å². The van der Waals surface area contributed by atoms with Gasteiger partial charge >= 0.3 is 16.4 Å². The lowest BCUT2D eigenvalue weighted by Gasteiger charge is -2.08. The second-order valence-corrected chi connectivity index (χ2v) is 4.29. The number of hydrogen-bond donors (Lipinski definition) is 3. The summed E-state index contributed by atoms with van der Waals surface area (Å²) in [5.74, 6) is 0.000644. The van der Waals surface area contributed by atoms with Crippen LogP contribution in [-0.2, 0) is 10.2 Å². The van der Waals surface area contributed by atoms with Crippen LogP contribution in [0.25, 0.3) is 0 Å². The number of alkyl halides is 3. The number of nitrogens with zero attached hydrogens (tertiary/aromatic N) is 2. The van der Waals surface area contributed by atoms with E-state index in [2.05, 4.69) is 15.2 Å². The maximum atomic E-state index is 11.7.